The summed E-state index contributed by atoms with van der Waals surface area (Å²) in [6, 6.07) is 19.6. The van der Waals surface area contributed by atoms with Gasteiger partial charge in [-0.25, -0.2) is 0 Å². The summed E-state index contributed by atoms with van der Waals surface area (Å²) in [7, 11) is -1.47. The number of benzene rings is 3. The summed E-state index contributed by atoms with van der Waals surface area (Å²) in [6.07, 6.45) is -0.712. The standard InChI is InChI=1S/C25H22F3NO2S2/c1-32-21-10-2-17(3-11-21)16-23(30)29-20-8-4-18(5-9-20)24(14-15-24)33(31)22-12-6-19(7-13-22)25(26,27)28/h2-13H,14-16H2,1H3,(H,29,30)/p+1. The van der Waals surface area contributed by atoms with Crippen molar-refractivity contribution in [2.75, 3.05) is 11.6 Å². The lowest BCUT2D eigenvalue weighted by Crippen LogP contribution is -2.16. The molecule has 33 heavy (non-hydrogen) atoms. The molecule has 4 rings (SSSR count). The van der Waals surface area contributed by atoms with Crippen molar-refractivity contribution >= 4 is 34.2 Å². The van der Waals surface area contributed by atoms with Gasteiger partial charge >= 0.3 is 6.18 Å². The Morgan fingerprint density at radius 2 is 1.58 bits per heavy atom. The van der Waals surface area contributed by atoms with Gasteiger partial charge < -0.3 is 5.32 Å². The molecule has 0 aromatic heterocycles. The molecule has 1 amide bonds. The number of carbonyl (C=O) groups is 1. The monoisotopic (exact) mass is 490 g/mol. The number of alkyl halides is 3. The van der Waals surface area contributed by atoms with Crippen molar-refractivity contribution in [3.05, 3.63) is 89.5 Å². The third kappa shape index (κ3) is 5.33. The molecule has 0 aliphatic heterocycles. The normalized spacial score (nSPS) is 15.6. The summed E-state index contributed by atoms with van der Waals surface area (Å²) in [5.74, 6) is -0.126. The number of anilines is 1. The molecule has 3 aromatic carbocycles. The first kappa shape index (κ1) is 23.6. The van der Waals surface area contributed by atoms with Crippen molar-refractivity contribution in [3.8, 4) is 0 Å². The van der Waals surface area contributed by atoms with Crippen LogP contribution in [-0.2, 0) is 44.7 Å². The van der Waals surface area contributed by atoms with E-state index >= 15 is 0 Å². The van der Waals surface area contributed by atoms with E-state index in [1.54, 1.807) is 12.1 Å². The van der Waals surface area contributed by atoms with Crippen LogP contribution < -0.4 is 5.32 Å². The van der Waals surface area contributed by atoms with Gasteiger partial charge in [0.25, 0.3) is 0 Å². The van der Waals surface area contributed by atoms with Gasteiger partial charge in [0, 0.05) is 22.3 Å². The minimum absolute atomic E-state index is 0.126. The number of thiol groups is 1. The molecule has 0 bridgehead atoms. The fourth-order valence-corrected chi connectivity index (χ4v) is 5.80. The molecule has 3 nitrogen and oxygen atoms in total. The topological polar surface area (TPSA) is 46.2 Å². The van der Waals surface area contributed by atoms with E-state index in [1.165, 1.54) is 28.8 Å². The second-order valence-corrected chi connectivity index (χ2v) is 10.7. The molecular formula is C25H23F3NO2S2+. The van der Waals surface area contributed by atoms with Crippen molar-refractivity contribution in [1.82, 2.24) is 0 Å². The van der Waals surface area contributed by atoms with Crippen LogP contribution >= 0.6 is 0 Å². The SMILES string of the molecule is C[SH+]c1ccc(CC(=O)Nc2ccc(C3(S(=O)c4ccc(C(F)(F)F)cc4)CC3)cc2)cc1. The van der Waals surface area contributed by atoms with Crippen LogP contribution in [0.1, 0.15) is 29.5 Å². The molecule has 1 N–H and O–H groups in total. The van der Waals surface area contributed by atoms with Crippen LogP contribution in [0.4, 0.5) is 18.9 Å². The molecule has 0 saturated heterocycles. The van der Waals surface area contributed by atoms with E-state index in [-0.39, 0.29) is 12.3 Å². The Labute approximate surface area is 197 Å². The Morgan fingerprint density at radius 3 is 2.09 bits per heavy atom. The Morgan fingerprint density at radius 1 is 0.970 bits per heavy atom. The summed E-state index contributed by atoms with van der Waals surface area (Å²) in [6.45, 7) is 0. The fourth-order valence-electron chi connectivity index (χ4n) is 3.70. The average Bonchev–Trinajstić information content (AvgIpc) is 3.61. The highest BCUT2D eigenvalue weighted by Crippen LogP contribution is 2.53. The van der Waals surface area contributed by atoms with Crippen molar-refractivity contribution in [2.24, 2.45) is 0 Å². The average molecular weight is 491 g/mol. The molecule has 1 fully saturated rings. The molecule has 1 aliphatic rings. The fraction of sp³-hybridized carbons (Fsp3) is 0.240. The quantitative estimate of drug-likeness (QED) is 0.352. The third-order valence-corrected chi connectivity index (χ3v) is 8.58. The Bertz CT molecular complexity index is 1150. The van der Waals surface area contributed by atoms with E-state index in [0.29, 0.717) is 23.4 Å². The molecule has 1 atom stereocenters. The van der Waals surface area contributed by atoms with Crippen LogP contribution in [0.25, 0.3) is 0 Å². The maximum atomic E-state index is 13.2. The predicted molar refractivity (Wildman–Crippen MR) is 127 cm³/mol. The molecule has 0 radical (unpaired) electrons. The highest BCUT2D eigenvalue weighted by molar-refractivity contribution is 7.86. The summed E-state index contributed by atoms with van der Waals surface area (Å²) in [5, 5.41) is 2.88. The lowest BCUT2D eigenvalue weighted by Gasteiger charge is -2.17. The van der Waals surface area contributed by atoms with Crippen LogP contribution in [0.3, 0.4) is 0 Å². The first-order valence-corrected chi connectivity index (χ1v) is 12.9. The Balaban J connectivity index is 1.41. The lowest BCUT2D eigenvalue weighted by atomic mass is 10.1. The van der Waals surface area contributed by atoms with E-state index < -0.39 is 27.3 Å². The van der Waals surface area contributed by atoms with E-state index in [0.717, 1.165) is 23.3 Å². The smallest absolute Gasteiger partial charge is 0.326 e. The maximum absolute atomic E-state index is 13.2. The van der Waals surface area contributed by atoms with Crippen LogP contribution in [0, 0.1) is 0 Å². The summed E-state index contributed by atoms with van der Waals surface area (Å²) >= 11 is 1.18. The van der Waals surface area contributed by atoms with Gasteiger partial charge in [-0.15, -0.1) is 0 Å². The number of hydrogen-bond donors (Lipinski definition) is 1. The molecule has 8 heteroatoms. The van der Waals surface area contributed by atoms with Gasteiger partial charge in [-0.05, 0) is 72.5 Å². The first-order chi connectivity index (χ1) is 15.7. The predicted octanol–water partition coefficient (Wildman–Crippen LogP) is 5.49. The lowest BCUT2D eigenvalue weighted by molar-refractivity contribution is -0.137. The molecule has 1 saturated carbocycles. The zero-order chi connectivity index (χ0) is 23.6. The molecule has 3 aromatic rings. The number of carbonyl (C=O) groups excluding carboxylic acids is 1. The second-order valence-electron chi connectivity index (χ2n) is 7.98. The van der Waals surface area contributed by atoms with Crippen molar-refractivity contribution < 1.29 is 22.2 Å². The number of rotatable bonds is 7. The van der Waals surface area contributed by atoms with Gasteiger partial charge in [-0.2, -0.15) is 13.2 Å². The van der Waals surface area contributed by atoms with Crippen LogP contribution in [0.5, 0.6) is 0 Å². The molecule has 1 unspecified atom stereocenters. The molecule has 0 heterocycles. The van der Waals surface area contributed by atoms with E-state index in [1.807, 2.05) is 36.4 Å². The van der Waals surface area contributed by atoms with Crippen molar-refractivity contribution in [1.29, 1.82) is 0 Å². The van der Waals surface area contributed by atoms with E-state index in [9.17, 15) is 22.2 Å². The largest absolute Gasteiger partial charge is 0.416 e. The zero-order valence-electron chi connectivity index (χ0n) is 17.9. The zero-order valence-corrected chi connectivity index (χ0v) is 19.6. The van der Waals surface area contributed by atoms with Gasteiger partial charge in [-0.1, -0.05) is 24.3 Å². The van der Waals surface area contributed by atoms with E-state index in [2.05, 4.69) is 11.6 Å². The molecule has 1 aliphatic carbocycles. The van der Waals surface area contributed by atoms with Gasteiger partial charge in [-0.3, -0.25) is 9.00 Å². The summed E-state index contributed by atoms with van der Waals surface area (Å²) in [5.41, 5.74) is 1.67. The number of hydrogen-bond acceptors (Lipinski definition) is 2. The Hall–Kier alpha value is -2.58. The number of amides is 1. The van der Waals surface area contributed by atoms with Gasteiger partial charge in [0.15, 0.2) is 4.90 Å². The minimum atomic E-state index is -4.42. The van der Waals surface area contributed by atoms with Crippen LogP contribution in [0.15, 0.2) is 82.6 Å². The minimum Gasteiger partial charge on any atom is -0.326 e. The number of nitrogens with one attached hydrogen (secondary N) is 1. The van der Waals surface area contributed by atoms with Crippen molar-refractivity contribution in [3.63, 3.8) is 0 Å². The molecule has 0 spiro atoms. The summed E-state index contributed by atoms with van der Waals surface area (Å²) in [4.78, 5) is 14.0. The van der Waals surface area contributed by atoms with Crippen LogP contribution in [-0.4, -0.2) is 16.4 Å². The maximum Gasteiger partial charge on any atom is 0.416 e. The van der Waals surface area contributed by atoms with Crippen LogP contribution in [0.2, 0.25) is 0 Å². The number of halogens is 3. The summed E-state index contributed by atoms with van der Waals surface area (Å²) < 4.78 is 51.0. The molecular weight excluding hydrogens is 467 g/mol. The van der Waals surface area contributed by atoms with Gasteiger partial charge in [0.1, 0.15) is 6.26 Å². The second kappa shape index (κ2) is 9.35. The Kier molecular flexibility index (Phi) is 6.68. The highest BCUT2D eigenvalue weighted by Gasteiger charge is 2.50. The first-order valence-electron chi connectivity index (χ1n) is 10.4. The third-order valence-electron chi connectivity index (χ3n) is 5.71. The van der Waals surface area contributed by atoms with Gasteiger partial charge in [0.2, 0.25) is 5.91 Å². The highest BCUT2D eigenvalue weighted by atomic mass is 32.2. The molecule has 172 valence electrons. The van der Waals surface area contributed by atoms with Crippen molar-refractivity contribution in [2.45, 2.75) is 40.0 Å². The van der Waals surface area contributed by atoms with E-state index in [4.69, 9.17) is 0 Å². The van der Waals surface area contributed by atoms with Gasteiger partial charge in [0.05, 0.1) is 27.5 Å².